The van der Waals surface area contributed by atoms with E-state index in [1.165, 1.54) is 11.1 Å². The molecule has 27 heavy (non-hydrogen) atoms. The average Bonchev–Trinajstić information content (AvgIpc) is 2.68. The first-order valence-corrected chi connectivity index (χ1v) is 9.11. The number of aromatic nitrogens is 3. The number of pyridine rings is 1. The van der Waals surface area contributed by atoms with Crippen LogP contribution in [0.4, 0.5) is 0 Å². The first-order chi connectivity index (χ1) is 13.0. The van der Waals surface area contributed by atoms with Gasteiger partial charge < -0.3 is 10.1 Å². The Morgan fingerprint density at radius 3 is 2.48 bits per heavy atom. The van der Waals surface area contributed by atoms with Gasteiger partial charge in [0.2, 0.25) is 0 Å². The lowest BCUT2D eigenvalue weighted by Gasteiger charge is -2.18. The van der Waals surface area contributed by atoms with E-state index in [9.17, 15) is 0 Å². The number of nitrogens with one attached hydrogen (secondary N) is 1. The normalized spacial score (nSPS) is 12.0. The molecule has 0 aliphatic carbocycles. The van der Waals surface area contributed by atoms with Crippen molar-refractivity contribution in [2.45, 2.75) is 40.3 Å². The molecule has 1 atom stereocenters. The van der Waals surface area contributed by atoms with Crippen molar-refractivity contribution in [1.82, 2.24) is 20.3 Å². The van der Waals surface area contributed by atoms with Crippen LogP contribution in [-0.4, -0.2) is 22.1 Å². The summed E-state index contributed by atoms with van der Waals surface area (Å²) in [6.07, 6.45) is 5.43. The Morgan fingerprint density at radius 1 is 1.07 bits per heavy atom. The Kier molecular flexibility index (Phi) is 5.81. The van der Waals surface area contributed by atoms with Crippen LogP contribution in [0.15, 0.2) is 42.9 Å². The molecule has 0 saturated heterocycles. The third-order valence-electron chi connectivity index (χ3n) is 4.87. The van der Waals surface area contributed by atoms with Gasteiger partial charge in [-0.05, 0) is 62.6 Å². The molecule has 0 amide bonds. The molecule has 140 valence electrons. The van der Waals surface area contributed by atoms with Gasteiger partial charge >= 0.3 is 0 Å². The van der Waals surface area contributed by atoms with Crippen molar-refractivity contribution >= 4 is 0 Å². The molecule has 0 radical (unpaired) electrons. The number of nitrogens with zero attached hydrogens (tertiary/aromatic N) is 3. The highest BCUT2D eigenvalue weighted by Gasteiger charge is 2.13. The Morgan fingerprint density at radius 2 is 1.81 bits per heavy atom. The van der Waals surface area contributed by atoms with E-state index in [0.717, 1.165) is 40.5 Å². The lowest BCUT2D eigenvalue weighted by atomic mass is 10.0. The summed E-state index contributed by atoms with van der Waals surface area (Å²) >= 11 is 0. The van der Waals surface area contributed by atoms with Gasteiger partial charge in [0, 0.05) is 48.0 Å². The van der Waals surface area contributed by atoms with E-state index in [2.05, 4.69) is 53.2 Å². The molecule has 1 aromatic carbocycles. The molecule has 5 heteroatoms. The van der Waals surface area contributed by atoms with Crippen LogP contribution in [0.3, 0.4) is 0 Å². The predicted octanol–water partition coefficient (Wildman–Crippen LogP) is 4.32. The van der Waals surface area contributed by atoms with Gasteiger partial charge in [0.1, 0.15) is 5.75 Å². The zero-order valence-electron chi connectivity index (χ0n) is 16.6. The molecular weight excluding hydrogens is 336 g/mol. The lowest BCUT2D eigenvalue weighted by molar-refractivity contribution is 0.411. The van der Waals surface area contributed by atoms with E-state index in [0.29, 0.717) is 0 Å². The number of hydrogen-bond acceptors (Lipinski definition) is 5. The van der Waals surface area contributed by atoms with Crippen LogP contribution < -0.4 is 10.1 Å². The third kappa shape index (κ3) is 4.31. The Labute approximate surface area is 160 Å². The van der Waals surface area contributed by atoms with E-state index in [1.54, 1.807) is 19.5 Å². The Bertz CT molecular complexity index is 925. The molecule has 0 unspecified atom stereocenters. The largest absolute Gasteiger partial charge is 0.496 e. The number of ether oxygens (including phenoxy) is 1. The molecule has 2 heterocycles. The fourth-order valence-electron chi connectivity index (χ4n) is 3.17. The van der Waals surface area contributed by atoms with Crippen molar-refractivity contribution in [1.29, 1.82) is 0 Å². The summed E-state index contributed by atoms with van der Waals surface area (Å²) in [4.78, 5) is 13.3. The minimum atomic E-state index is 0.151. The zero-order valence-corrected chi connectivity index (χ0v) is 16.6. The van der Waals surface area contributed by atoms with Crippen LogP contribution in [0.1, 0.15) is 40.9 Å². The molecule has 0 spiro atoms. The van der Waals surface area contributed by atoms with Crippen molar-refractivity contribution in [2.24, 2.45) is 0 Å². The van der Waals surface area contributed by atoms with Crippen LogP contribution in [-0.2, 0) is 6.54 Å². The van der Waals surface area contributed by atoms with Crippen LogP contribution in [0.25, 0.3) is 11.4 Å². The summed E-state index contributed by atoms with van der Waals surface area (Å²) in [5.41, 5.74) is 6.71. The van der Waals surface area contributed by atoms with Crippen molar-refractivity contribution in [3.05, 3.63) is 70.8 Å². The van der Waals surface area contributed by atoms with Crippen molar-refractivity contribution in [2.75, 3.05) is 7.11 Å². The van der Waals surface area contributed by atoms with Crippen LogP contribution in [0.2, 0.25) is 0 Å². The van der Waals surface area contributed by atoms with E-state index in [-0.39, 0.29) is 6.04 Å². The summed E-state index contributed by atoms with van der Waals surface area (Å²) < 4.78 is 5.40. The molecule has 5 nitrogen and oxygen atoms in total. The second-order valence-corrected chi connectivity index (χ2v) is 6.82. The van der Waals surface area contributed by atoms with Crippen LogP contribution in [0, 0.1) is 20.8 Å². The third-order valence-corrected chi connectivity index (χ3v) is 4.87. The molecule has 0 bridgehead atoms. The molecule has 0 aliphatic heterocycles. The van der Waals surface area contributed by atoms with Gasteiger partial charge in [-0.15, -0.1) is 0 Å². The van der Waals surface area contributed by atoms with Gasteiger partial charge in [0.25, 0.3) is 0 Å². The second-order valence-electron chi connectivity index (χ2n) is 6.82. The van der Waals surface area contributed by atoms with Gasteiger partial charge in [-0.2, -0.15) is 0 Å². The second kappa shape index (κ2) is 8.27. The highest BCUT2D eigenvalue weighted by Crippen LogP contribution is 2.24. The standard InChI is InChI=1S/C22H26N4O/c1-14-11-21(27-5)15(2)10-19(14)12-24-16(3)20-13-25-22(26-17(20)4)18-6-8-23-9-7-18/h6-11,13,16,24H,12H2,1-5H3/t16-/m1/s1. The van der Waals surface area contributed by atoms with Crippen molar-refractivity contribution < 1.29 is 4.74 Å². The van der Waals surface area contributed by atoms with Crippen LogP contribution >= 0.6 is 0 Å². The summed E-state index contributed by atoms with van der Waals surface area (Å²) in [5, 5.41) is 3.59. The maximum Gasteiger partial charge on any atom is 0.159 e. The van der Waals surface area contributed by atoms with E-state index < -0.39 is 0 Å². The number of benzene rings is 1. The predicted molar refractivity (Wildman–Crippen MR) is 108 cm³/mol. The first-order valence-electron chi connectivity index (χ1n) is 9.11. The Balaban J connectivity index is 1.73. The van der Waals surface area contributed by atoms with Gasteiger partial charge in [0.05, 0.1) is 7.11 Å². The van der Waals surface area contributed by atoms with E-state index >= 15 is 0 Å². The minimum absolute atomic E-state index is 0.151. The van der Waals surface area contributed by atoms with Crippen LogP contribution in [0.5, 0.6) is 5.75 Å². The molecular formula is C22H26N4O. The SMILES string of the molecule is COc1cc(C)c(CN[C@H](C)c2cnc(-c3ccncc3)nc2C)cc1C. The average molecular weight is 362 g/mol. The number of hydrogen-bond donors (Lipinski definition) is 1. The monoisotopic (exact) mass is 362 g/mol. The summed E-state index contributed by atoms with van der Waals surface area (Å²) in [6.45, 7) is 9.14. The summed E-state index contributed by atoms with van der Waals surface area (Å²) in [7, 11) is 1.71. The maximum absolute atomic E-state index is 5.40. The molecule has 3 rings (SSSR count). The van der Waals surface area contributed by atoms with Crippen molar-refractivity contribution in [3.63, 3.8) is 0 Å². The highest BCUT2D eigenvalue weighted by molar-refractivity contribution is 5.54. The number of methoxy groups -OCH3 is 1. The number of rotatable bonds is 6. The molecule has 2 aromatic heterocycles. The molecule has 1 N–H and O–H groups in total. The van der Waals surface area contributed by atoms with Crippen molar-refractivity contribution in [3.8, 4) is 17.1 Å². The Hall–Kier alpha value is -2.79. The molecule has 0 aliphatic rings. The number of aryl methyl sites for hydroxylation is 3. The molecule has 0 saturated carbocycles. The van der Waals surface area contributed by atoms with E-state index in [4.69, 9.17) is 4.74 Å². The smallest absolute Gasteiger partial charge is 0.159 e. The zero-order chi connectivity index (χ0) is 19.4. The van der Waals surface area contributed by atoms with Gasteiger partial charge in [-0.1, -0.05) is 6.07 Å². The molecule has 3 aromatic rings. The fraction of sp³-hybridized carbons (Fsp3) is 0.318. The van der Waals surface area contributed by atoms with Gasteiger partial charge in [0.15, 0.2) is 5.82 Å². The van der Waals surface area contributed by atoms with E-state index in [1.807, 2.05) is 25.3 Å². The minimum Gasteiger partial charge on any atom is -0.496 e. The highest BCUT2D eigenvalue weighted by atomic mass is 16.5. The summed E-state index contributed by atoms with van der Waals surface area (Å²) in [5.74, 6) is 1.66. The summed E-state index contributed by atoms with van der Waals surface area (Å²) in [6, 6.07) is 8.27. The fourth-order valence-corrected chi connectivity index (χ4v) is 3.17. The first kappa shape index (κ1) is 19.0. The van der Waals surface area contributed by atoms with Gasteiger partial charge in [-0.3, -0.25) is 4.98 Å². The quantitative estimate of drug-likeness (QED) is 0.707. The van der Waals surface area contributed by atoms with Gasteiger partial charge in [-0.25, -0.2) is 9.97 Å². The maximum atomic E-state index is 5.40. The topological polar surface area (TPSA) is 59.9 Å². The molecule has 0 fully saturated rings. The lowest BCUT2D eigenvalue weighted by Crippen LogP contribution is -2.20.